The van der Waals surface area contributed by atoms with E-state index < -0.39 is 11.7 Å². The van der Waals surface area contributed by atoms with Crippen LogP contribution in [0.25, 0.3) is 0 Å². The van der Waals surface area contributed by atoms with Crippen molar-refractivity contribution >= 4 is 18.3 Å². The molecule has 0 saturated carbocycles. The molecular formula is C17H22ClF3N2O. The van der Waals surface area contributed by atoms with E-state index in [-0.39, 0.29) is 24.7 Å². The molecule has 3 nitrogen and oxygen atoms in total. The Morgan fingerprint density at radius 2 is 1.79 bits per heavy atom. The minimum atomic E-state index is -4.37. The van der Waals surface area contributed by atoms with Crippen LogP contribution in [0.3, 0.4) is 0 Å². The monoisotopic (exact) mass is 362 g/mol. The smallest absolute Gasteiger partial charge is 0.342 e. The quantitative estimate of drug-likeness (QED) is 0.876. The number of hydrogen-bond donors (Lipinski definition) is 1. The molecule has 134 valence electrons. The second kappa shape index (κ2) is 7.74. The fourth-order valence-corrected chi connectivity index (χ4v) is 3.61. The predicted molar refractivity (Wildman–Crippen MR) is 88.1 cm³/mol. The van der Waals surface area contributed by atoms with Gasteiger partial charge in [0.05, 0.1) is 12.0 Å². The molecule has 2 heterocycles. The van der Waals surface area contributed by atoms with Crippen LogP contribution in [0.5, 0.6) is 0 Å². The SMILES string of the molecule is Cl.O=C(Cc1cccc(C(F)(F)F)c1)N1CC[C@@H]2CNC[C@@H]2CC1. The lowest BCUT2D eigenvalue weighted by Crippen LogP contribution is -2.34. The average Bonchev–Trinajstić information content (AvgIpc) is 2.85. The van der Waals surface area contributed by atoms with Gasteiger partial charge in [0.25, 0.3) is 0 Å². The summed E-state index contributed by atoms with van der Waals surface area (Å²) >= 11 is 0. The van der Waals surface area contributed by atoms with Crippen LogP contribution < -0.4 is 5.32 Å². The third-order valence-electron chi connectivity index (χ3n) is 4.98. The standard InChI is InChI=1S/C17H21F3N2O.ClH/c18-17(19,20)15-3-1-2-12(8-15)9-16(23)22-6-4-13-10-21-11-14(13)5-7-22;/h1-3,8,13-14,21H,4-7,9-11H2;1H/t13-,14+;. The van der Waals surface area contributed by atoms with Crippen molar-refractivity contribution in [2.75, 3.05) is 26.2 Å². The van der Waals surface area contributed by atoms with Crippen LogP contribution in [0, 0.1) is 11.8 Å². The number of nitrogens with zero attached hydrogens (tertiary/aromatic N) is 1. The van der Waals surface area contributed by atoms with Gasteiger partial charge in [-0.05, 0) is 49.4 Å². The van der Waals surface area contributed by atoms with Crippen LogP contribution in [-0.2, 0) is 17.4 Å². The molecule has 0 spiro atoms. The van der Waals surface area contributed by atoms with Crippen LogP contribution in [0.1, 0.15) is 24.0 Å². The van der Waals surface area contributed by atoms with E-state index in [1.807, 2.05) is 4.90 Å². The Kier molecular flexibility index (Phi) is 6.15. The van der Waals surface area contributed by atoms with Crippen molar-refractivity contribution in [1.82, 2.24) is 10.2 Å². The summed E-state index contributed by atoms with van der Waals surface area (Å²) in [5, 5.41) is 3.39. The van der Waals surface area contributed by atoms with Crippen molar-refractivity contribution in [1.29, 1.82) is 0 Å². The van der Waals surface area contributed by atoms with Gasteiger partial charge in [-0.1, -0.05) is 18.2 Å². The van der Waals surface area contributed by atoms with Crippen molar-refractivity contribution in [2.24, 2.45) is 11.8 Å². The molecule has 0 radical (unpaired) electrons. The molecule has 2 saturated heterocycles. The zero-order valence-electron chi connectivity index (χ0n) is 13.3. The van der Waals surface area contributed by atoms with Crippen molar-refractivity contribution in [3.05, 3.63) is 35.4 Å². The van der Waals surface area contributed by atoms with Gasteiger partial charge in [-0.2, -0.15) is 13.2 Å². The van der Waals surface area contributed by atoms with Gasteiger partial charge in [-0.3, -0.25) is 4.79 Å². The van der Waals surface area contributed by atoms with Crippen molar-refractivity contribution in [3.8, 4) is 0 Å². The van der Waals surface area contributed by atoms with Crippen LogP contribution in [0.2, 0.25) is 0 Å². The van der Waals surface area contributed by atoms with Gasteiger partial charge < -0.3 is 10.2 Å². The third-order valence-corrected chi connectivity index (χ3v) is 4.98. The minimum Gasteiger partial charge on any atom is -0.342 e. The molecule has 24 heavy (non-hydrogen) atoms. The first-order valence-corrected chi connectivity index (χ1v) is 8.08. The van der Waals surface area contributed by atoms with E-state index >= 15 is 0 Å². The number of halogens is 4. The van der Waals surface area contributed by atoms with Gasteiger partial charge >= 0.3 is 6.18 Å². The van der Waals surface area contributed by atoms with Crippen molar-refractivity contribution in [3.63, 3.8) is 0 Å². The molecule has 2 atom stereocenters. The van der Waals surface area contributed by atoms with E-state index in [4.69, 9.17) is 0 Å². The lowest BCUT2D eigenvalue weighted by Gasteiger charge is -2.21. The van der Waals surface area contributed by atoms with E-state index in [0.29, 0.717) is 30.5 Å². The Labute approximate surface area is 146 Å². The highest BCUT2D eigenvalue weighted by molar-refractivity contribution is 5.85. The van der Waals surface area contributed by atoms with Crippen LogP contribution in [-0.4, -0.2) is 37.0 Å². The number of alkyl halides is 3. The molecular weight excluding hydrogens is 341 g/mol. The summed E-state index contributed by atoms with van der Waals surface area (Å²) in [6, 6.07) is 5.07. The Hall–Kier alpha value is -1.27. The number of fused-ring (bicyclic) bond motifs is 1. The molecule has 7 heteroatoms. The van der Waals surface area contributed by atoms with Gasteiger partial charge in [0.15, 0.2) is 0 Å². The zero-order valence-corrected chi connectivity index (χ0v) is 14.1. The molecule has 3 rings (SSSR count). The molecule has 2 aliphatic heterocycles. The molecule has 2 fully saturated rings. The number of nitrogens with one attached hydrogen (secondary N) is 1. The average molecular weight is 363 g/mol. The van der Waals surface area contributed by atoms with E-state index in [0.717, 1.165) is 38.1 Å². The highest BCUT2D eigenvalue weighted by Crippen LogP contribution is 2.30. The summed E-state index contributed by atoms with van der Waals surface area (Å²) in [6.45, 7) is 3.45. The number of carbonyl (C=O) groups excluding carboxylic acids is 1. The summed E-state index contributed by atoms with van der Waals surface area (Å²) in [5.41, 5.74) is -0.268. The lowest BCUT2D eigenvalue weighted by molar-refractivity contribution is -0.138. The molecule has 2 aliphatic rings. The molecule has 0 bridgehead atoms. The summed E-state index contributed by atoms with van der Waals surface area (Å²) in [4.78, 5) is 14.2. The van der Waals surface area contributed by atoms with Gasteiger partial charge in [0.2, 0.25) is 5.91 Å². The van der Waals surface area contributed by atoms with E-state index in [1.165, 1.54) is 6.07 Å². The molecule has 1 N–H and O–H groups in total. The van der Waals surface area contributed by atoms with Crippen LogP contribution in [0.4, 0.5) is 13.2 Å². The first-order chi connectivity index (χ1) is 10.9. The maximum Gasteiger partial charge on any atom is 0.416 e. The van der Waals surface area contributed by atoms with E-state index in [2.05, 4.69) is 5.32 Å². The molecule has 1 aromatic carbocycles. The van der Waals surface area contributed by atoms with E-state index in [1.54, 1.807) is 6.07 Å². The van der Waals surface area contributed by atoms with Crippen LogP contribution in [0.15, 0.2) is 24.3 Å². The molecule has 0 aliphatic carbocycles. The molecule has 1 amide bonds. The third kappa shape index (κ3) is 4.42. The first kappa shape index (κ1) is 19.1. The molecule has 0 aromatic heterocycles. The Morgan fingerprint density at radius 1 is 1.17 bits per heavy atom. The van der Waals surface area contributed by atoms with E-state index in [9.17, 15) is 18.0 Å². The van der Waals surface area contributed by atoms with Crippen molar-refractivity contribution in [2.45, 2.75) is 25.4 Å². The van der Waals surface area contributed by atoms with Gasteiger partial charge in [0.1, 0.15) is 0 Å². The normalized spacial score (nSPS) is 24.0. The highest BCUT2D eigenvalue weighted by Gasteiger charge is 2.32. The molecule has 0 unspecified atom stereocenters. The fraction of sp³-hybridized carbons (Fsp3) is 0.588. The maximum absolute atomic E-state index is 12.7. The number of carbonyl (C=O) groups is 1. The largest absolute Gasteiger partial charge is 0.416 e. The predicted octanol–water partition coefficient (Wildman–Crippen LogP) is 3.13. The topological polar surface area (TPSA) is 32.3 Å². The van der Waals surface area contributed by atoms with Gasteiger partial charge in [-0.25, -0.2) is 0 Å². The number of likely N-dealkylation sites (tertiary alicyclic amines) is 1. The Balaban J connectivity index is 0.00000208. The first-order valence-electron chi connectivity index (χ1n) is 8.08. The number of hydrogen-bond acceptors (Lipinski definition) is 2. The Bertz CT molecular complexity index is 565. The second-order valence-corrected chi connectivity index (χ2v) is 6.51. The number of benzene rings is 1. The zero-order chi connectivity index (χ0) is 16.4. The lowest BCUT2D eigenvalue weighted by atomic mass is 9.92. The maximum atomic E-state index is 12.7. The highest BCUT2D eigenvalue weighted by atomic mass is 35.5. The summed E-state index contributed by atoms with van der Waals surface area (Å²) < 4.78 is 38.2. The van der Waals surface area contributed by atoms with Crippen LogP contribution >= 0.6 is 12.4 Å². The van der Waals surface area contributed by atoms with Gasteiger partial charge in [0, 0.05) is 13.1 Å². The summed E-state index contributed by atoms with van der Waals surface area (Å²) in [5.74, 6) is 1.18. The van der Waals surface area contributed by atoms with Gasteiger partial charge in [-0.15, -0.1) is 12.4 Å². The number of rotatable bonds is 2. The fourth-order valence-electron chi connectivity index (χ4n) is 3.61. The molecule has 1 aromatic rings. The Morgan fingerprint density at radius 3 is 2.38 bits per heavy atom. The minimum absolute atomic E-state index is 0. The summed E-state index contributed by atoms with van der Waals surface area (Å²) in [6.07, 6.45) is -2.37. The summed E-state index contributed by atoms with van der Waals surface area (Å²) in [7, 11) is 0. The van der Waals surface area contributed by atoms with Crippen molar-refractivity contribution < 1.29 is 18.0 Å². The second-order valence-electron chi connectivity index (χ2n) is 6.51. The number of amides is 1.